The molecule has 2 aromatic carbocycles. The molecule has 0 saturated heterocycles. The van der Waals surface area contributed by atoms with Gasteiger partial charge in [0.25, 0.3) is 5.91 Å². The standard InChI is InChI=1S/C22H28ClN3O3SSi/c1-16-24-20-11-10-17(22(27)26(30(28)29)12-7-13-31(2,3)4)14-21(20)25(16)15-18-8-5-6-9-19(18)23/h5-6,8-11,14,30H,7,12-13,15H2,1-4H3. The van der Waals surface area contributed by atoms with Gasteiger partial charge in [-0.15, -0.1) is 0 Å². The summed E-state index contributed by atoms with van der Waals surface area (Å²) in [6.07, 6.45) is 0.677. The predicted molar refractivity (Wildman–Crippen MR) is 129 cm³/mol. The van der Waals surface area contributed by atoms with Gasteiger partial charge < -0.3 is 4.57 Å². The van der Waals surface area contributed by atoms with Crippen LogP contribution in [0.2, 0.25) is 30.7 Å². The molecule has 1 aromatic heterocycles. The SMILES string of the molecule is Cc1nc2ccc(C(=O)N(CCC[Si](C)(C)C)[SH](=O)=O)cc2n1Cc1ccccc1Cl. The van der Waals surface area contributed by atoms with E-state index in [0.29, 0.717) is 23.6 Å². The van der Waals surface area contributed by atoms with Crippen molar-refractivity contribution in [2.75, 3.05) is 6.54 Å². The second-order valence-electron chi connectivity index (χ2n) is 8.87. The van der Waals surface area contributed by atoms with Crippen molar-refractivity contribution in [3.05, 3.63) is 64.4 Å². The number of rotatable bonds is 8. The molecule has 0 spiro atoms. The van der Waals surface area contributed by atoms with E-state index < -0.39 is 24.9 Å². The first-order valence-corrected chi connectivity index (χ1v) is 15.4. The molecule has 6 nitrogen and oxygen atoms in total. The maximum absolute atomic E-state index is 13.0. The highest BCUT2D eigenvalue weighted by atomic mass is 35.5. The fourth-order valence-electron chi connectivity index (χ4n) is 3.54. The van der Waals surface area contributed by atoms with E-state index in [0.717, 1.165) is 32.8 Å². The fraction of sp³-hybridized carbons (Fsp3) is 0.364. The topological polar surface area (TPSA) is 72.3 Å². The zero-order valence-corrected chi connectivity index (χ0v) is 20.9. The summed E-state index contributed by atoms with van der Waals surface area (Å²) in [5.74, 6) is 0.290. The van der Waals surface area contributed by atoms with Crippen LogP contribution in [0.5, 0.6) is 0 Å². The maximum atomic E-state index is 13.0. The number of fused-ring (bicyclic) bond motifs is 1. The summed E-state index contributed by atoms with van der Waals surface area (Å²) >= 11 is 6.32. The summed E-state index contributed by atoms with van der Waals surface area (Å²) in [5, 5.41) is 0.660. The summed E-state index contributed by atoms with van der Waals surface area (Å²) in [6.45, 7) is 9.30. The van der Waals surface area contributed by atoms with Crippen molar-refractivity contribution in [3.63, 3.8) is 0 Å². The molecule has 166 valence electrons. The van der Waals surface area contributed by atoms with Gasteiger partial charge in [-0.25, -0.2) is 17.7 Å². The molecule has 31 heavy (non-hydrogen) atoms. The van der Waals surface area contributed by atoms with E-state index in [4.69, 9.17) is 11.6 Å². The van der Waals surface area contributed by atoms with Gasteiger partial charge in [-0.05, 0) is 43.2 Å². The van der Waals surface area contributed by atoms with Crippen LogP contribution in [0.25, 0.3) is 11.0 Å². The van der Waals surface area contributed by atoms with E-state index in [2.05, 4.69) is 24.6 Å². The largest absolute Gasteiger partial charge is 0.324 e. The zero-order valence-electron chi connectivity index (χ0n) is 18.3. The van der Waals surface area contributed by atoms with Gasteiger partial charge in [-0.3, -0.25) is 4.79 Å². The van der Waals surface area contributed by atoms with Crippen LogP contribution in [0.4, 0.5) is 0 Å². The predicted octanol–water partition coefficient (Wildman–Crippen LogP) is 4.74. The Morgan fingerprint density at radius 1 is 1.16 bits per heavy atom. The monoisotopic (exact) mass is 477 g/mol. The molecular formula is C22H28ClN3O3SSi. The third-order valence-electron chi connectivity index (χ3n) is 5.20. The number of aryl methyl sites for hydroxylation is 1. The van der Waals surface area contributed by atoms with Gasteiger partial charge in [-0.1, -0.05) is 55.5 Å². The molecule has 0 aliphatic rings. The summed E-state index contributed by atoms with van der Waals surface area (Å²) < 4.78 is 26.6. The van der Waals surface area contributed by atoms with Crippen LogP contribution < -0.4 is 0 Å². The number of thiol groups is 1. The number of halogens is 1. The van der Waals surface area contributed by atoms with E-state index in [1.165, 1.54) is 0 Å². The number of amides is 1. The first-order chi connectivity index (χ1) is 14.6. The first kappa shape index (κ1) is 23.5. The number of hydrogen-bond acceptors (Lipinski definition) is 4. The second-order valence-corrected chi connectivity index (χ2v) is 15.9. The Kier molecular flexibility index (Phi) is 7.23. The van der Waals surface area contributed by atoms with Gasteiger partial charge in [0.2, 0.25) is 10.9 Å². The Balaban J connectivity index is 1.91. The average Bonchev–Trinajstić information content (AvgIpc) is 3.00. The maximum Gasteiger partial charge on any atom is 0.267 e. The first-order valence-electron chi connectivity index (χ1n) is 10.2. The van der Waals surface area contributed by atoms with E-state index in [1.807, 2.05) is 35.8 Å². The average molecular weight is 478 g/mol. The molecule has 0 radical (unpaired) electrons. The van der Waals surface area contributed by atoms with Crippen LogP contribution in [0.3, 0.4) is 0 Å². The molecule has 0 bridgehead atoms. The van der Waals surface area contributed by atoms with Crippen molar-refractivity contribution < 1.29 is 13.2 Å². The Morgan fingerprint density at radius 2 is 1.87 bits per heavy atom. The summed E-state index contributed by atoms with van der Waals surface area (Å²) in [7, 11) is -4.32. The molecule has 3 aromatic rings. The van der Waals surface area contributed by atoms with E-state index in [-0.39, 0.29) is 6.54 Å². The number of imidazole rings is 1. The van der Waals surface area contributed by atoms with Crippen molar-refractivity contribution in [2.24, 2.45) is 0 Å². The van der Waals surface area contributed by atoms with Gasteiger partial charge in [0.1, 0.15) is 5.82 Å². The highest BCUT2D eigenvalue weighted by molar-refractivity contribution is 7.70. The van der Waals surface area contributed by atoms with E-state index in [1.54, 1.807) is 18.2 Å². The van der Waals surface area contributed by atoms with Crippen LogP contribution in [-0.2, 0) is 17.4 Å². The quantitative estimate of drug-likeness (QED) is 0.375. The van der Waals surface area contributed by atoms with Gasteiger partial charge in [-0.2, -0.15) is 0 Å². The van der Waals surface area contributed by atoms with Crippen LogP contribution in [0, 0.1) is 6.92 Å². The Hall–Kier alpha value is -2.16. The number of aromatic nitrogens is 2. The minimum Gasteiger partial charge on any atom is -0.324 e. The fourth-order valence-corrected chi connectivity index (χ4v) is 5.52. The van der Waals surface area contributed by atoms with Crippen molar-refractivity contribution in [3.8, 4) is 0 Å². The lowest BCUT2D eigenvalue weighted by Gasteiger charge is -2.19. The third kappa shape index (κ3) is 5.75. The summed E-state index contributed by atoms with van der Waals surface area (Å²) in [5.41, 5.74) is 2.79. The zero-order chi connectivity index (χ0) is 22.8. The Bertz CT molecular complexity index is 1180. The van der Waals surface area contributed by atoms with Gasteiger partial charge in [0, 0.05) is 25.2 Å². The molecule has 0 saturated carbocycles. The van der Waals surface area contributed by atoms with Crippen LogP contribution in [-0.4, -0.2) is 42.8 Å². The Labute approximate surface area is 190 Å². The van der Waals surface area contributed by atoms with Gasteiger partial charge in [0.15, 0.2) is 0 Å². The van der Waals surface area contributed by atoms with Crippen molar-refractivity contribution >= 4 is 47.5 Å². The van der Waals surface area contributed by atoms with Crippen LogP contribution in [0.15, 0.2) is 42.5 Å². The van der Waals surface area contributed by atoms with E-state index in [9.17, 15) is 13.2 Å². The van der Waals surface area contributed by atoms with Gasteiger partial charge in [0.05, 0.1) is 17.6 Å². The second kappa shape index (κ2) is 9.54. The van der Waals surface area contributed by atoms with Crippen molar-refractivity contribution in [1.29, 1.82) is 0 Å². The van der Waals surface area contributed by atoms with E-state index >= 15 is 0 Å². The number of carbonyl (C=O) groups is 1. The number of nitrogens with zero attached hydrogens (tertiary/aromatic N) is 3. The van der Waals surface area contributed by atoms with Crippen LogP contribution >= 0.6 is 11.6 Å². The molecule has 1 amide bonds. The minimum atomic E-state index is -3.00. The molecule has 0 fully saturated rings. The smallest absolute Gasteiger partial charge is 0.267 e. The lowest BCUT2D eigenvalue weighted by Crippen LogP contribution is -2.32. The lowest BCUT2D eigenvalue weighted by molar-refractivity contribution is 0.0865. The molecule has 0 N–H and O–H groups in total. The highest BCUT2D eigenvalue weighted by Crippen LogP contribution is 2.23. The normalized spacial score (nSPS) is 11.9. The highest BCUT2D eigenvalue weighted by Gasteiger charge is 2.21. The molecule has 9 heteroatoms. The van der Waals surface area contributed by atoms with Gasteiger partial charge >= 0.3 is 0 Å². The summed E-state index contributed by atoms with van der Waals surface area (Å²) in [6, 6.07) is 13.7. The van der Waals surface area contributed by atoms with Crippen LogP contribution in [0.1, 0.15) is 28.2 Å². The number of carbonyl (C=O) groups excluding carboxylic acids is 1. The van der Waals surface area contributed by atoms with Crippen molar-refractivity contribution in [2.45, 2.75) is 45.6 Å². The molecule has 0 atom stereocenters. The molecule has 3 rings (SSSR count). The molecule has 0 aliphatic heterocycles. The molecular weight excluding hydrogens is 450 g/mol. The lowest BCUT2D eigenvalue weighted by atomic mass is 10.1. The third-order valence-corrected chi connectivity index (χ3v) is 8.20. The molecule has 1 heterocycles. The molecule has 0 aliphatic carbocycles. The Morgan fingerprint density at radius 3 is 2.52 bits per heavy atom. The van der Waals surface area contributed by atoms with Crippen molar-refractivity contribution in [1.82, 2.24) is 13.9 Å². The summed E-state index contributed by atoms with van der Waals surface area (Å²) in [4.78, 5) is 17.6. The minimum absolute atomic E-state index is 0.206. The molecule has 0 unspecified atom stereocenters. The number of benzene rings is 2. The number of hydrogen-bond donors (Lipinski definition) is 1.